The van der Waals surface area contributed by atoms with E-state index in [-0.39, 0.29) is 10.6 Å². The molecule has 0 fully saturated rings. The van der Waals surface area contributed by atoms with Gasteiger partial charge in [0.2, 0.25) is 0 Å². The van der Waals surface area contributed by atoms with Crippen LogP contribution in [0.3, 0.4) is 0 Å². The number of non-ortho nitro benzene ring substituents is 1. The quantitative estimate of drug-likeness (QED) is 0.468. The molecule has 0 spiro atoms. The molecule has 0 unspecified atom stereocenters. The zero-order valence-corrected chi connectivity index (χ0v) is 11.4. The van der Waals surface area contributed by atoms with Crippen molar-refractivity contribution in [2.45, 2.75) is 6.42 Å². The van der Waals surface area contributed by atoms with Crippen LogP contribution in [-0.4, -0.2) is 29.5 Å². The molecule has 0 aliphatic carbocycles. The molecule has 1 aliphatic heterocycles. The van der Waals surface area contributed by atoms with Gasteiger partial charge in [0.15, 0.2) is 0 Å². The fourth-order valence-corrected chi connectivity index (χ4v) is 2.20. The minimum absolute atomic E-state index is 0.121. The lowest BCUT2D eigenvalue weighted by Gasteiger charge is -2.24. The Hall–Kier alpha value is -2.20. The maximum absolute atomic E-state index is 10.6. The van der Waals surface area contributed by atoms with Crippen molar-refractivity contribution in [3.8, 4) is 0 Å². The fourth-order valence-electron chi connectivity index (χ4n) is 2.20. The van der Waals surface area contributed by atoms with Gasteiger partial charge in [-0.2, -0.15) is 0 Å². The Morgan fingerprint density at radius 2 is 2.05 bits per heavy atom. The highest BCUT2D eigenvalue weighted by molar-refractivity contribution is 5.55. The first kappa shape index (κ1) is 14.2. The number of hydrogen-bond donors (Lipinski definition) is 0. The topological polar surface area (TPSA) is 46.4 Å². The predicted molar refractivity (Wildman–Crippen MR) is 81.5 cm³/mol. The fraction of sp³-hybridized carbons (Fsp3) is 0.250. The Bertz CT molecular complexity index is 544. The standard InChI is InChI=1S/C16H18N2O2/c1-2-11-17-12-3-4-15(13-17)6-5-14-7-9-16(10-8-14)18(19)20/h2,4-10H,1,3,11-13H2. The van der Waals surface area contributed by atoms with Gasteiger partial charge in [-0.15, -0.1) is 6.58 Å². The van der Waals surface area contributed by atoms with Gasteiger partial charge in [0.1, 0.15) is 0 Å². The van der Waals surface area contributed by atoms with Crippen molar-refractivity contribution in [3.63, 3.8) is 0 Å². The molecule has 2 rings (SSSR count). The highest BCUT2D eigenvalue weighted by atomic mass is 16.6. The van der Waals surface area contributed by atoms with Gasteiger partial charge in [0.05, 0.1) is 4.92 Å². The molecule has 0 amide bonds. The van der Waals surface area contributed by atoms with Crippen LogP contribution >= 0.6 is 0 Å². The van der Waals surface area contributed by atoms with Crippen molar-refractivity contribution in [1.82, 2.24) is 4.90 Å². The van der Waals surface area contributed by atoms with E-state index in [1.54, 1.807) is 12.1 Å². The van der Waals surface area contributed by atoms with E-state index < -0.39 is 0 Å². The largest absolute Gasteiger partial charge is 0.295 e. The van der Waals surface area contributed by atoms with Crippen molar-refractivity contribution < 1.29 is 4.92 Å². The minimum atomic E-state index is -0.385. The molecule has 1 aliphatic rings. The molecular weight excluding hydrogens is 252 g/mol. The number of hydrogen-bond acceptors (Lipinski definition) is 3. The Morgan fingerprint density at radius 3 is 2.70 bits per heavy atom. The van der Waals surface area contributed by atoms with Crippen LogP contribution in [-0.2, 0) is 0 Å². The van der Waals surface area contributed by atoms with E-state index in [1.807, 2.05) is 12.2 Å². The van der Waals surface area contributed by atoms with Gasteiger partial charge >= 0.3 is 0 Å². The van der Waals surface area contributed by atoms with E-state index in [2.05, 4.69) is 23.6 Å². The van der Waals surface area contributed by atoms with Crippen molar-refractivity contribution in [3.05, 3.63) is 70.3 Å². The summed E-state index contributed by atoms with van der Waals surface area (Å²) in [6, 6.07) is 6.58. The maximum atomic E-state index is 10.6. The molecule has 1 aromatic rings. The summed E-state index contributed by atoms with van der Waals surface area (Å²) in [5.74, 6) is 0. The molecule has 4 nitrogen and oxygen atoms in total. The molecule has 0 atom stereocenters. The lowest BCUT2D eigenvalue weighted by molar-refractivity contribution is -0.384. The van der Waals surface area contributed by atoms with Crippen molar-refractivity contribution in [1.29, 1.82) is 0 Å². The van der Waals surface area contributed by atoms with Gasteiger partial charge < -0.3 is 0 Å². The molecule has 0 saturated carbocycles. The monoisotopic (exact) mass is 270 g/mol. The average Bonchev–Trinajstić information content (AvgIpc) is 2.46. The van der Waals surface area contributed by atoms with Crippen molar-refractivity contribution in [2.75, 3.05) is 19.6 Å². The Kier molecular flexibility index (Phi) is 4.85. The van der Waals surface area contributed by atoms with Crippen molar-refractivity contribution >= 4 is 11.8 Å². The van der Waals surface area contributed by atoms with Crippen LogP contribution in [0, 0.1) is 10.1 Å². The summed E-state index contributed by atoms with van der Waals surface area (Å²) in [6.45, 7) is 6.66. The second-order valence-corrected chi connectivity index (χ2v) is 4.77. The van der Waals surface area contributed by atoms with E-state index in [0.29, 0.717) is 0 Å². The SMILES string of the molecule is C=CCN1CCC=C(C=Cc2ccc([N+](=O)[O-])cc2)C1. The average molecular weight is 270 g/mol. The zero-order chi connectivity index (χ0) is 14.4. The van der Waals surface area contributed by atoms with Crippen LogP contribution in [0.1, 0.15) is 12.0 Å². The molecule has 1 aromatic carbocycles. The highest BCUT2D eigenvalue weighted by Crippen LogP contribution is 2.15. The highest BCUT2D eigenvalue weighted by Gasteiger charge is 2.09. The smallest absolute Gasteiger partial charge is 0.269 e. The van der Waals surface area contributed by atoms with Gasteiger partial charge in [-0.3, -0.25) is 15.0 Å². The van der Waals surface area contributed by atoms with E-state index in [4.69, 9.17) is 0 Å². The number of nitrogens with zero attached hydrogens (tertiary/aromatic N) is 2. The molecule has 0 saturated heterocycles. The number of nitro groups is 1. The van der Waals surface area contributed by atoms with Crippen LogP contribution in [0.25, 0.3) is 6.08 Å². The van der Waals surface area contributed by atoms with E-state index in [0.717, 1.165) is 31.6 Å². The molecule has 0 aromatic heterocycles. The van der Waals surface area contributed by atoms with E-state index in [9.17, 15) is 10.1 Å². The number of benzene rings is 1. The van der Waals surface area contributed by atoms with E-state index in [1.165, 1.54) is 17.7 Å². The van der Waals surface area contributed by atoms with Crippen LogP contribution in [0.15, 0.2) is 54.6 Å². The third-order valence-electron chi connectivity index (χ3n) is 3.24. The summed E-state index contributed by atoms with van der Waals surface area (Å²) in [5.41, 5.74) is 2.37. The van der Waals surface area contributed by atoms with Crippen LogP contribution < -0.4 is 0 Å². The summed E-state index contributed by atoms with van der Waals surface area (Å²) in [5, 5.41) is 10.6. The molecule has 104 valence electrons. The van der Waals surface area contributed by atoms with E-state index >= 15 is 0 Å². The molecule has 4 heteroatoms. The summed E-state index contributed by atoms with van der Waals surface area (Å²) in [6.07, 6.45) is 9.28. The van der Waals surface area contributed by atoms with Crippen LogP contribution in [0.2, 0.25) is 0 Å². The third kappa shape index (κ3) is 3.90. The number of nitro benzene ring substituents is 1. The molecule has 0 N–H and O–H groups in total. The zero-order valence-electron chi connectivity index (χ0n) is 11.4. The first-order valence-corrected chi connectivity index (χ1v) is 6.64. The summed E-state index contributed by atoms with van der Waals surface area (Å²) in [4.78, 5) is 12.5. The van der Waals surface area contributed by atoms with Crippen molar-refractivity contribution in [2.24, 2.45) is 0 Å². The summed E-state index contributed by atoms with van der Waals surface area (Å²) in [7, 11) is 0. The number of rotatable bonds is 5. The Balaban J connectivity index is 2.00. The van der Waals surface area contributed by atoms with Gasteiger partial charge in [-0.25, -0.2) is 0 Å². The Labute approximate surface area is 118 Å². The lowest BCUT2D eigenvalue weighted by atomic mass is 10.1. The second kappa shape index (κ2) is 6.82. The van der Waals surface area contributed by atoms with Gasteiger partial charge in [-0.1, -0.05) is 24.3 Å². The van der Waals surface area contributed by atoms with Crippen LogP contribution in [0.4, 0.5) is 5.69 Å². The maximum Gasteiger partial charge on any atom is 0.269 e. The first-order chi connectivity index (χ1) is 9.69. The Morgan fingerprint density at radius 1 is 1.30 bits per heavy atom. The molecule has 20 heavy (non-hydrogen) atoms. The first-order valence-electron chi connectivity index (χ1n) is 6.64. The third-order valence-corrected chi connectivity index (χ3v) is 3.24. The second-order valence-electron chi connectivity index (χ2n) is 4.77. The summed E-state index contributed by atoms with van der Waals surface area (Å²) >= 11 is 0. The lowest BCUT2D eigenvalue weighted by Crippen LogP contribution is -2.29. The molecule has 0 radical (unpaired) electrons. The van der Waals surface area contributed by atoms with Crippen LogP contribution in [0.5, 0.6) is 0 Å². The predicted octanol–water partition coefficient (Wildman–Crippen LogP) is 3.43. The normalized spacial score (nSPS) is 16.1. The summed E-state index contributed by atoms with van der Waals surface area (Å²) < 4.78 is 0. The minimum Gasteiger partial charge on any atom is -0.295 e. The molecule has 0 bridgehead atoms. The van der Waals surface area contributed by atoms with Gasteiger partial charge in [-0.05, 0) is 29.7 Å². The molecule has 1 heterocycles. The van der Waals surface area contributed by atoms with Gasteiger partial charge in [0, 0.05) is 31.8 Å². The van der Waals surface area contributed by atoms with Gasteiger partial charge in [0.25, 0.3) is 5.69 Å². The molecular formula is C16H18N2O2.